The number of carbonyl (C=O) groups is 1. The van der Waals surface area contributed by atoms with Crippen molar-refractivity contribution >= 4 is 14.0 Å². The van der Waals surface area contributed by atoms with Gasteiger partial charge in [0.05, 0.1) is 8.07 Å². The van der Waals surface area contributed by atoms with Crippen LogP contribution < -0.4 is 0 Å². The molecule has 0 aliphatic heterocycles. The molecule has 1 amide bonds. The first-order chi connectivity index (χ1) is 33.7. The fourth-order valence-electron chi connectivity index (χ4n) is 6.60. The second kappa shape index (κ2) is 20.9. The Bertz CT molecular complexity index is 2020. The lowest BCUT2D eigenvalue weighted by Crippen LogP contribution is -2.70. The molecule has 0 heterocycles. The molecule has 0 atom stereocenters. The molecule has 0 saturated carbocycles. The molecule has 1 aromatic carbocycles. The summed E-state index contributed by atoms with van der Waals surface area (Å²) in [7, 11) is -6.41. The lowest BCUT2D eigenvalue weighted by Gasteiger charge is -2.43. The molecule has 78 heavy (non-hydrogen) atoms. The predicted octanol–water partition coefficient (Wildman–Crippen LogP) is 17.3. The first kappa shape index (κ1) is 72.2. The van der Waals surface area contributed by atoms with Gasteiger partial charge in [0.25, 0.3) is 5.91 Å². The van der Waals surface area contributed by atoms with Crippen LogP contribution in [0.2, 0.25) is 24.2 Å². The summed E-state index contributed by atoms with van der Waals surface area (Å²) in [5, 5.41) is 0. The third kappa shape index (κ3) is 11.6. The van der Waals surface area contributed by atoms with Gasteiger partial charge in [0.15, 0.2) is 0 Å². The Morgan fingerprint density at radius 3 is 0.782 bits per heavy atom. The van der Waals surface area contributed by atoms with Crippen molar-refractivity contribution < 1.29 is 176 Å². The molecule has 0 spiro atoms. The Hall–Kier alpha value is -3.82. The zero-order valence-electron chi connectivity index (χ0n) is 37.3. The highest BCUT2D eigenvalue weighted by Gasteiger charge is 2.93. The summed E-state index contributed by atoms with van der Waals surface area (Å²) in [5.41, 5.74) is -0.201. The summed E-state index contributed by atoms with van der Waals surface area (Å²) in [5.74, 6) is -129. The summed E-state index contributed by atoms with van der Waals surface area (Å²) in [6, 6.07) is -8.17. The summed E-state index contributed by atoms with van der Waals surface area (Å²) in [6.07, 6.45) is -38.4. The maximum absolute atomic E-state index is 15.2. The van der Waals surface area contributed by atoms with Crippen LogP contribution in [0.4, 0.5) is 171 Å². The van der Waals surface area contributed by atoms with Gasteiger partial charge in [-0.3, -0.25) is 4.79 Å². The number of hydrogen-bond acceptors (Lipinski definition) is 1. The van der Waals surface area contributed by atoms with Gasteiger partial charge in [-0.25, -0.2) is 0 Å². The average Bonchev–Trinajstić information content (AvgIpc) is 3.24. The second-order valence-electron chi connectivity index (χ2n) is 17.2. The normalized spacial score (nSPS) is 16.0. The Labute approximate surface area is 408 Å². The van der Waals surface area contributed by atoms with Crippen LogP contribution in [0.5, 0.6) is 0 Å². The van der Waals surface area contributed by atoms with E-state index in [2.05, 4.69) is 0 Å². The SMILES string of the molecule is Cc1ccc(C(=O)N(C)CCC[Si](CCC(F)(F)C(F)(F)C(F)(F)C(F)(F)C(F)(F)C(F)(F)F)(CCC(F)(F)C(F)(F)C(F)(F)C(F)(F)C(F)(F)C(F)(F)F)CCC(F)(F)C(F)(F)C(F)(F)C(F)(F)C(F)(F)C(F)(F)F)cc1. The van der Waals surface area contributed by atoms with Gasteiger partial charge in [-0.2, -0.15) is 171 Å². The molecule has 1 rings (SSSR count). The van der Waals surface area contributed by atoms with Gasteiger partial charge in [-0.15, -0.1) is 0 Å². The van der Waals surface area contributed by atoms with Crippen molar-refractivity contribution in [2.24, 2.45) is 0 Å². The van der Waals surface area contributed by atoms with Crippen LogP contribution in [0, 0.1) is 6.92 Å². The third-order valence-electron chi connectivity index (χ3n) is 11.7. The summed E-state index contributed by atoms with van der Waals surface area (Å²) >= 11 is 0. The van der Waals surface area contributed by atoms with Gasteiger partial charge >= 0.3 is 107 Å². The number of nitrogens with zero attached hydrogens (tertiary/aromatic N) is 1. The molecule has 0 aliphatic rings. The fraction of sp³-hybridized carbons (Fsp3) is 0.806. The maximum Gasteiger partial charge on any atom is 0.460 e. The van der Waals surface area contributed by atoms with Crippen molar-refractivity contribution in [3.8, 4) is 0 Å². The second-order valence-corrected chi connectivity index (χ2v) is 22.2. The van der Waals surface area contributed by atoms with E-state index in [1.165, 1.54) is 6.92 Å². The zero-order valence-corrected chi connectivity index (χ0v) is 38.3. The van der Waals surface area contributed by atoms with Gasteiger partial charge in [-0.05, 0) is 25.5 Å². The topological polar surface area (TPSA) is 20.3 Å². The lowest BCUT2D eigenvalue weighted by atomic mass is 9.93. The molecule has 0 fully saturated rings. The Balaban J connectivity index is 4.47. The van der Waals surface area contributed by atoms with E-state index in [-0.39, 0.29) is 4.90 Å². The summed E-state index contributed by atoms with van der Waals surface area (Å²) in [4.78, 5) is 13.1. The number of aryl methyl sites for hydroxylation is 1. The van der Waals surface area contributed by atoms with Crippen molar-refractivity contribution in [2.75, 3.05) is 13.6 Å². The number of carbonyl (C=O) groups excluding carboxylic acids is 1. The van der Waals surface area contributed by atoms with Gasteiger partial charge in [0, 0.05) is 38.4 Å². The van der Waals surface area contributed by atoms with E-state index in [0.29, 0.717) is 12.6 Å². The third-order valence-corrected chi connectivity index (χ3v) is 17.1. The number of benzene rings is 1. The smallest absolute Gasteiger partial charge is 0.342 e. The molecular formula is C36H28F39NOSi. The van der Waals surface area contributed by atoms with Gasteiger partial charge in [0.2, 0.25) is 0 Å². The van der Waals surface area contributed by atoms with Crippen LogP contribution in [-0.4, -0.2) is 140 Å². The molecule has 460 valence electrons. The molecule has 0 radical (unpaired) electrons. The highest BCUT2D eigenvalue weighted by Crippen LogP contribution is 2.65. The van der Waals surface area contributed by atoms with Crippen LogP contribution in [0.1, 0.15) is 41.6 Å². The van der Waals surface area contributed by atoms with Crippen molar-refractivity contribution in [1.82, 2.24) is 4.90 Å². The fourth-order valence-corrected chi connectivity index (χ4v) is 11.5. The molecule has 1 aromatic rings. The minimum atomic E-state index is -8.90. The standard InChI is InChI=1S/C36H28F39NOSi/c1-16-4-6-17(7-5-16)18(77)76(2)11-3-12-78(13-8-19(37,38)22(43,44)25(49,50)28(55,56)31(61,62)34(67,68)69,14-9-20(39,40)23(45,46)26(51,52)29(57,58)32(63,64)35(70,71)72)15-10-21(41,42)24(47,48)27(53,54)30(59,60)33(65,66)36(73,74)75/h4-7H,3,8-15H2,1-2H3. The molecule has 0 saturated heterocycles. The van der Waals surface area contributed by atoms with Crippen LogP contribution >= 0.6 is 0 Å². The quantitative estimate of drug-likeness (QED) is 0.0669. The molecule has 0 N–H and O–H groups in total. The first-order valence-electron chi connectivity index (χ1n) is 19.9. The molecular weight excluding hydrogens is 1230 g/mol. The van der Waals surface area contributed by atoms with Crippen LogP contribution in [0.3, 0.4) is 0 Å². The highest BCUT2D eigenvalue weighted by atomic mass is 28.3. The molecule has 42 heteroatoms. The number of hydrogen-bond donors (Lipinski definition) is 0. The van der Waals surface area contributed by atoms with Crippen molar-refractivity contribution in [3.05, 3.63) is 35.4 Å². The minimum absolute atomic E-state index is 0.203. The Kier molecular flexibility index (Phi) is 19.3. The van der Waals surface area contributed by atoms with Crippen molar-refractivity contribution in [1.29, 1.82) is 0 Å². The Morgan fingerprint density at radius 2 is 0.564 bits per heavy atom. The van der Waals surface area contributed by atoms with Crippen LogP contribution in [0.25, 0.3) is 0 Å². The summed E-state index contributed by atoms with van der Waals surface area (Å²) < 4.78 is 544. The molecule has 0 aliphatic carbocycles. The van der Waals surface area contributed by atoms with E-state index in [4.69, 9.17) is 0 Å². The molecule has 0 bridgehead atoms. The number of alkyl halides is 39. The monoisotopic (exact) mass is 1260 g/mol. The van der Waals surface area contributed by atoms with E-state index < -0.39 is 183 Å². The number of amides is 1. The van der Waals surface area contributed by atoms with E-state index >= 15 is 26.3 Å². The lowest BCUT2D eigenvalue weighted by molar-refractivity contribution is -0.440. The van der Waals surface area contributed by atoms with Gasteiger partial charge in [0.1, 0.15) is 0 Å². The van der Waals surface area contributed by atoms with Crippen LogP contribution in [-0.2, 0) is 0 Å². The van der Waals surface area contributed by atoms with Crippen LogP contribution in [0.15, 0.2) is 24.3 Å². The van der Waals surface area contributed by atoms with E-state index in [9.17, 15) is 150 Å². The molecule has 2 nitrogen and oxygen atoms in total. The zero-order chi connectivity index (χ0) is 63.0. The average molecular weight is 1260 g/mol. The first-order valence-corrected chi connectivity index (χ1v) is 22.7. The van der Waals surface area contributed by atoms with Gasteiger partial charge < -0.3 is 4.90 Å². The number of rotatable bonds is 26. The van der Waals surface area contributed by atoms with E-state index in [0.717, 1.165) is 24.3 Å². The Morgan fingerprint density at radius 1 is 0.346 bits per heavy atom. The maximum atomic E-state index is 15.2. The van der Waals surface area contributed by atoms with Gasteiger partial charge in [-0.1, -0.05) is 41.9 Å². The van der Waals surface area contributed by atoms with Crippen molar-refractivity contribution in [2.45, 2.75) is 164 Å². The largest absolute Gasteiger partial charge is 0.460 e. The molecule has 0 aromatic heterocycles. The van der Waals surface area contributed by atoms with E-state index in [1.54, 1.807) is 0 Å². The summed E-state index contributed by atoms with van der Waals surface area (Å²) in [6.45, 7) is -0.114. The highest BCUT2D eigenvalue weighted by molar-refractivity contribution is 6.79. The van der Waals surface area contributed by atoms with E-state index in [1.807, 2.05) is 0 Å². The van der Waals surface area contributed by atoms with Crippen molar-refractivity contribution in [3.63, 3.8) is 0 Å². The number of halogens is 39. The molecule has 0 unspecified atom stereocenters. The predicted molar refractivity (Wildman–Crippen MR) is 184 cm³/mol. The minimum Gasteiger partial charge on any atom is -0.342 e.